The van der Waals surface area contributed by atoms with Gasteiger partial charge in [-0.25, -0.2) is 8.42 Å². The second kappa shape index (κ2) is 7.40. The molecule has 7 nitrogen and oxygen atoms in total. The summed E-state index contributed by atoms with van der Waals surface area (Å²) in [6, 6.07) is 14.5. The van der Waals surface area contributed by atoms with E-state index in [1.807, 2.05) is 0 Å². The van der Waals surface area contributed by atoms with Crippen molar-refractivity contribution in [2.75, 3.05) is 27.3 Å². The molecule has 1 atom stereocenters. The predicted octanol–water partition coefficient (Wildman–Crippen LogP) is 2.22. The van der Waals surface area contributed by atoms with Gasteiger partial charge in [0.05, 0.1) is 23.3 Å². The number of hydrogen-bond acceptors (Lipinski definition) is 4. The first-order chi connectivity index (χ1) is 12.8. The molecular weight excluding hydrogens is 366 g/mol. The minimum Gasteiger partial charge on any atom is -0.323 e. The lowest BCUT2D eigenvalue weighted by molar-refractivity contribution is -0.122. The van der Waals surface area contributed by atoms with Crippen molar-refractivity contribution in [3.63, 3.8) is 0 Å². The number of hydrogen-bond donors (Lipinski definition) is 1. The van der Waals surface area contributed by atoms with Crippen LogP contribution in [0, 0.1) is 0 Å². The average Bonchev–Trinajstić information content (AvgIpc) is 2.64. The van der Waals surface area contributed by atoms with Gasteiger partial charge in [-0.3, -0.25) is 18.8 Å². The molecule has 2 aromatic carbocycles. The molecule has 0 fully saturated rings. The van der Waals surface area contributed by atoms with E-state index in [0.717, 1.165) is 10.6 Å². The van der Waals surface area contributed by atoms with Crippen molar-refractivity contribution in [3.05, 3.63) is 54.6 Å². The van der Waals surface area contributed by atoms with E-state index in [1.54, 1.807) is 61.5 Å². The number of nitrogens with one attached hydrogen (secondary N) is 1. The van der Waals surface area contributed by atoms with Gasteiger partial charge in [-0.05, 0) is 30.7 Å². The number of nitrogens with zero attached hydrogens (tertiary/aromatic N) is 2. The second-order valence-electron chi connectivity index (χ2n) is 6.31. The highest BCUT2D eigenvalue weighted by atomic mass is 32.2. The minimum absolute atomic E-state index is 0.154. The number of para-hydroxylation sites is 3. The maximum atomic E-state index is 13.3. The molecule has 0 radical (unpaired) electrons. The van der Waals surface area contributed by atoms with Gasteiger partial charge in [0.15, 0.2) is 0 Å². The minimum atomic E-state index is -3.72. The van der Waals surface area contributed by atoms with Crippen LogP contribution >= 0.6 is 0 Å². The van der Waals surface area contributed by atoms with Gasteiger partial charge in [0.25, 0.3) is 5.91 Å². The van der Waals surface area contributed by atoms with Crippen LogP contribution in [0.2, 0.25) is 0 Å². The lowest BCUT2D eigenvalue weighted by atomic mass is 10.1. The van der Waals surface area contributed by atoms with Gasteiger partial charge in [0.2, 0.25) is 15.9 Å². The van der Waals surface area contributed by atoms with Crippen molar-refractivity contribution < 1.29 is 18.0 Å². The second-order valence-corrected chi connectivity index (χ2v) is 8.17. The Hall–Kier alpha value is -2.87. The highest BCUT2D eigenvalue weighted by Crippen LogP contribution is 2.31. The quantitative estimate of drug-likeness (QED) is 0.852. The first-order valence-electron chi connectivity index (χ1n) is 8.57. The summed E-state index contributed by atoms with van der Waals surface area (Å²) in [7, 11) is -3.72. The van der Waals surface area contributed by atoms with Crippen molar-refractivity contribution in [2.24, 2.45) is 0 Å². The molecule has 0 unspecified atom stereocenters. The summed E-state index contributed by atoms with van der Waals surface area (Å²) in [5, 5.41) is 2.73. The molecule has 1 heterocycles. The highest BCUT2D eigenvalue weighted by Gasteiger charge is 2.37. The fourth-order valence-electron chi connectivity index (χ4n) is 3.23. The molecule has 0 aromatic heterocycles. The Morgan fingerprint density at radius 1 is 1.15 bits per heavy atom. The molecule has 8 heteroatoms. The number of amides is 2. The number of fused-ring (bicyclic) bond motifs is 1. The molecule has 0 saturated carbocycles. The molecule has 3 rings (SSSR count). The first-order valence-corrected chi connectivity index (χ1v) is 10.4. The molecule has 2 aromatic rings. The van der Waals surface area contributed by atoms with Gasteiger partial charge in [0.1, 0.15) is 12.6 Å². The molecule has 1 N–H and O–H groups in total. The molecule has 1 aliphatic rings. The maximum absolute atomic E-state index is 13.3. The molecule has 1 aliphatic heterocycles. The van der Waals surface area contributed by atoms with Gasteiger partial charge >= 0.3 is 0 Å². The molecule has 0 aliphatic carbocycles. The lowest BCUT2D eigenvalue weighted by Gasteiger charge is -2.36. The zero-order chi connectivity index (χ0) is 19.6. The monoisotopic (exact) mass is 387 g/mol. The summed E-state index contributed by atoms with van der Waals surface area (Å²) in [5.41, 5.74) is 1.50. The lowest BCUT2D eigenvalue weighted by Crippen LogP contribution is -2.53. The van der Waals surface area contributed by atoms with Crippen LogP contribution in [-0.4, -0.2) is 39.1 Å². The summed E-state index contributed by atoms with van der Waals surface area (Å²) in [6.07, 6.45) is 1.34. The zero-order valence-corrected chi connectivity index (χ0v) is 15.9. The number of carbonyl (C=O) groups is 2. The molecule has 0 bridgehead atoms. The van der Waals surface area contributed by atoms with Crippen molar-refractivity contribution in [1.82, 2.24) is 0 Å². The summed E-state index contributed by atoms with van der Waals surface area (Å²) in [4.78, 5) is 26.7. The third-order valence-corrected chi connectivity index (χ3v) is 5.54. The van der Waals surface area contributed by atoms with E-state index in [2.05, 4.69) is 5.32 Å². The molecule has 0 spiro atoms. The summed E-state index contributed by atoms with van der Waals surface area (Å²) in [6.45, 7) is 1.60. The Morgan fingerprint density at radius 2 is 1.78 bits per heavy atom. The van der Waals surface area contributed by atoms with E-state index < -0.39 is 22.0 Å². The highest BCUT2D eigenvalue weighted by molar-refractivity contribution is 7.92. The normalized spacial score (nSPS) is 14.9. The number of rotatable bonds is 5. The Bertz CT molecular complexity index is 960. The number of sulfonamides is 1. The third kappa shape index (κ3) is 3.80. The third-order valence-electron chi connectivity index (χ3n) is 4.36. The number of anilines is 3. The topological polar surface area (TPSA) is 86.8 Å². The van der Waals surface area contributed by atoms with Crippen molar-refractivity contribution in [2.45, 2.75) is 19.4 Å². The van der Waals surface area contributed by atoms with E-state index in [-0.39, 0.29) is 18.9 Å². The molecule has 142 valence electrons. The standard InChI is InChI=1S/C19H21N3O4S/c1-3-16(22(27(2,25)26)14-9-5-4-6-10-14)19(24)21-13-18(23)20-15-11-7-8-12-17(15)21/h4-12,16H,3,13H2,1-2H3,(H,20,23)/t16-/m1/s1. The largest absolute Gasteiger partial charge is 0.323 e. The van der Waals surface area contributed by atoms with Crippen molar-refractivity contribution >= 4 is 38.9 Å². The van der Waals surface area contributed by atoms with E-state index in [1.165, 1.54) is 4.90 Å². The Morgan fingerprint density at radius 3 is 2.41 bits per heavy atom. The van der Waals surface area contributed by atoms with Crippen LogP contribution < -0.4 is 14.5 Å². The summed E-state index contributed by atoms with van der Waals surface area (Å²) in [5.74, 6) is -0.753. The van der Waals surface area contributed by atoms with Gasteiger partial charge in [-0.1, -0.05) is 37.3 Å². The first kappa shape index (κ1) is 18.9. The van der Waals surface area contributed by atoms with E-state index in [0.29, 0.717) is 17.1 Å². The van der Waals surface area contributed by atoms with Crippen LogP contribution in [0.3, 0.4) is 0 Å². The van der Waals surface area contributed by atoms with Crippen LogP contribution in [0.5, 0.6) is 0 Å². The van der Waals surface area contributed by atoms with E-state index in [9.17, 15) is 18.0 Å². The average molecular weight is 387 g/mol. The Labute approximate surface area is 158 Å². The van der Waals surface area contributed by atoms with Crippen LogP contribution in [0.1, 0.15) is 13.3 Å². The van der Waals surface area contributed by atoms with E-state index >= 15 is 0 Å². The Balaban J connectivity index is 2.04. The summed E-state index contributed by atoms with van der Waals surface area (Å²) >= 11 is 0. The fourth-order valence-corrected chi connectivity index (χ4v) is 4.43. The maximum Gasteiger partial charge on any atom is 0.251 e. The predicted molar refractivity (Wildman–Crippen MR) is 105 cm³/mol. The number of benzene rings is 2. The van der Waals surface area contributed by atoms with Crippen LogP contribution in [0.25, 0.3) is 0 Å². The van der Waals surface area contributed by atoms with Gasteiger partial charge in [0, 0.05) is 0 Å². The van der Waals surface area contributed by atoms with Gasteiger partial charge < -0.3 is 5.32 Å². The van der Waals surface area contributed by atoms with Gasteiger partial charge in [-0.2, -0.15) is 0 Å². The molecular formula is C19H21N3O4S. The van der Waals surface area contributed by atoms with Crippen LogP contribution in [-0.2, 0) is 19.6 Å². The smallest absolute Gasteiger partial charge is 0.251 e. The molecule has 0 saturated heterocycles. The number of carbonyl (C=O) groups excluding carboxylic acids is 2. The Kier molecular flexibility index (Phi) is 5.18. The van der Waals surface area contributed by atoms with Crippen molar-refractivity contribution in [1.29, 1.82) is 0 Å². The van der Waals surface area contributed by atoms with Crippen LogP contribution in [0.4, 0.5) is 17.1 Å². The summed E-state index contributed by atoms with van der Waals surface area (Å²) < 4.78 is 26.1. The van der Waals surface area contributed by atoms with Crippen LogP contribution in [0.15, 0.2) is 54.6 Å². The molecule has 27 heavy (non-hydrogen) atoms. The van der Waals surface area contributed by atoms with Gasteiger partial charge in [-0.15, -0.1) is 0 Å². The fraction of sp³-hybridized carbons (Fsp3) is 0.263. The zero-order valence-electron chi connectivity index (χ0n) is 15.1. The molecule has 2 amide bonds. The SMILES string of the molecule is CC[C@H](C(=O)N1CC(=O)Nc2ccccc21)N(c1ccccc1)S(C)(=O)=O. The van der Waals surface area contributed by atoms with Crippen molar-refractivity contribution in [3.8, 4) is 0 Å². The van der Waals surface area contributed by atoms with E-state index in [4.69, 9.17) is 0 Å².